The molecule has 88 valence electrons. The Morgan fingerprint density at radius 3 is 2.53 bits per heavy atom. The fraction of sp³-hybridized carbons (Fsp3) is 0.200. The third-order valence-corrected chi connectivity index (χ3v) is 2.96. The minimum Gasteiger partial charge on any atom is -0.381 e. The van der Waals surface area contributed by atoms with Gasteiger partial charge in [0, 0.05) is 17.3 Å². The van der Waals surface area contributed by atoms with Gasteiger partial charge in [0.15, 0.2) is 0 Å². The molecule has 0 aromatic heterocycles. The first-order chi connectivity index (χ1) is 8.28. The summed E-state index contributed by atoms with van der Waals surface area (Å²) in [5.41, 5.74) is 3.70. The van der Waals surface area contributed by atoms with Crippen molar-refractivity contribution >= 4 is 17.3 Å². The molecule has 0 aliphatic carbocycles. The van der Waals surface area contributed by atoms with Crippen molar-refractivity contribution in [2.45, 2.75) is 19.9 Å². The molecule has 1 nitrogen and oxygen atoms in total. The standard InChI is InChI=1S/C15H16ClN/c1-2-12-5-4-8-15(10-12)17-11-13-6-3-7-14(16)9-13/h3-10,17H,2,11H2,1H3. The molecule has 0 heterocycles. The molecule has 0 radical (unpaired) electrons. The summed E-state index contributed by atoms with van der Waals surface area (Å²) in [5, 5.41) is 4.19. The van der Waals surface area contributed by atoms with Crippen LogP contribution in [-0.4, -0.2) is 0 Å². The molecule has 0 spiro atoms. The van der Waals surface area contributed by atoms with Crippen LogP contribution in [0.25, 0.3) is 0 Å². The molecule has 0 amide bonds. The summed E-state index contributed by atoms with van der Waals surface area (Å²) in [4.78, 5) is 0. The van der Waals surface area contributed by atoms with Gasteiger partial charge >= 0.3 is 0 Å². The van der Waals surface area contributed by atoms with E-state index >= 15 is 0 Å². The topological polar surface area (TPSA) is 12.0 Å². The van der Waals surface area contributed by atoms with Gasteiger partial charge in [-0.1, -0.05) is 42.8 Å². The molecule has 2 aromatic carbocycles. The van der Waals surface area contributed by atoms with Crippen molar-refractivity contribution in [3.8, 4) is 0 Å². The second-order valence-corrected chi connectivity index (χ2v) is 4.47. The lowest BCUT2D eigenvalue weighted by atomic mass is 10.1. The van der Waals surface area contributed by atoms with Gasteiger partial charge in [0.25, 0.3) is 0 Å². The first-order valence-corrected chi connectivity index (χ1v) is 6.23. The zero-order chi connectivity index (χ0) is 12.1. The average molecular weight is 246 g/mol. The van der Waals surface area contributed by atoms with Crippen molar-refractivity contribution in [3.05, 3.63) is 64.7 Å². The lowest BCUT2D eigenvalue weighted by Gasteiger charge is -2.08. The summed E-state index contributed by atoms with van der Waals surface area (Å²) >= 11 is 5.95. The lowest BCUT2D eigenvalue weighted by molar-refractivity contribution is 1.12. The average Bonchev–Trinajstić information content (AvgIpc) is 2.37. The van der Waals surface area contributed by atoms with Crippen LogP contribution in [0.1, 0.15) is 18.1 Å². The zero-order valence-corrected chi connectivity index (χ0v) is 10.7. The van der Waals surface area contributed by atoms with Gasteiger partial charge in [0.2, 0.25) is 0 Å². The molecule has 0 aliphatic rings. The number of rotatable bonds is 4. The highest BCUT2D eigenvalue weighted by molar-refractivity contribution is 6.30. The lowest BCUT2D eigenvalue weighted by Crippen LogP contribution is -1.99. The molecule has 0 unspecified atom stereocenters. The maximum absolute atomic E-state index is 5.95. The maximum Gasteiger partial charge on any atom is 0.0409 e. The molecule has 0 bridgehead atoms. The number of halogens is 1. The summed E-state index contributed by atoms with van der Waals surface area (Å²) in [6, 6.07) is 16.4. The van der Waals surface area contributed by atoms with Gasteiger partial charge in [0.1, 0.15) is 0 Å². The Labute approximate surface area is 107 Å². The van der Waals surface area contributed by atoms with Gasteiger partial charge < -0.3 is 5.32 Å². The largest absolute Gasteiger partial charge is 0.381 e. The molecule has 0 aliphatic heterocycles. The normalized spacial score (nSPS) is 10.2. The van der Waals surface area contributed by atoms with Crippen LogP contribution in [0.15, 0.2) is 48.5 Å². The molecule has 0 saturated heterocycles. The van der Waals surface area contributed by atoms with Crippen molar-refractivity contribution in [1.29, 1.82) is 0 Å². The summed E-state index contributed by atoms with van der Waals surface area (Å²) in [6.07, 6.45) is 1.06. The van der Waals surface area contributed by atoms with Crippen molar-refractivity contribution in [2.24, 2.45) is 0 Å². The predicted molar refractivity (Wildman–Crippen MR) is 74.6 cm³/mol. The molecule has 0 atom stereocenters. The molecular weight excluding hydrogens is 230 g/mol. The fourth-order valence-electron chi connectivity index (χ4n) is 1.75. The SMILES string of the molecule is CCc1cccc(NCc2cccc(Cl)c2)c1. The Hall–Kier alpha value is -1.47. The Balaban J connectivity index is 2.02. The Morgan fingerprint density at radius 2 is 1.76 bits per heavy atom. The smallest absolute Gasteiger partial charge is 0.0409 e. The fourth-order valence-corrected chi connectivity index (χ4v) is 1.97. The van der Waals surface area contributed by atoms with E-state index in [1.165, 1.54) is 11.1 Å². The van der Waals surface area contributed by atoms with Crippen molar-refractivity contribution < 1.29 is 0 Å². The number of hydrogen-bond acceptors (Lipinski definition) is 1. The minimum atomic E-state index is 0.784. The van der Waals surface area contributed by atoms with E-state index in [9.17, 15) is 0 Å². The first kappa shape index (κ1) is 12.0. The van der Waals surface area contributed by atoms with Crippen LogP contribution < -0.4 is 5.32 Å². The van der Waals surface area contributed by atoms with Crippen molar-refractivity contribution in [2.75, 3.05) is 5.32 Å². The number of nitrogens with one attached hydrogen (secondary N) is 1. The summed E-state index contributed by atoms with van der Waals surface area (Å²) in [5.74, 6) is 0. The zero-order valence-electron chi connectivity index (χ0n) is 9.91. The maximum atomic E-state index is 5.95. The quantitative estimate of drug-likeness (QED) is 0.836. The first-order valence-electron chi connectivity index (χ1n) is 5.85. The molecule has 0 fully saturated rings. The Morgan fingerprint density at radius 1 is 1.00 bits per heavy atom. The highest BCUT2D eigenvalue weighted by atomic mass is 35.5. The van der Waals surface area contributed by atoms with Crippen LogP contribution in [0, 0.1) is 0 Å². The van der Waals surface area contributed by atoms with Crippen LogP contribution in [0.4, 0.5) is 5.69 Å². The van der Waals surface area contributed by atoms with Gasteiger partial charge in [-0.05, 0) is 41.8 Å². The van der Waals surface area contributed by atoms with Crippen LogP contribution in [-0.2, 0) is 13.0 Å². The third-order valence-electron chi connectivity index (χ3n) is 2.72. The van der Waals surface area contributed by atoms with Gasteiger partial charge in [0.05, 0.1) is 0 Å². The van der Waals surface area contributed by atoms with E-state index in [-0.39, 0.29) is 0 Å². The highest BCUT2D eigenvalue weighted by Gasteiger charge is 1.96. The highest BCUT2D eigenvalue weighted by Crippen LogP contribution is 2.14. The Kier molecular flexibility index (Phi) is 4.05. The van der Waals surface area contributed by atoms with Crippen molar-refractivity contribution in [3.63, 3.8) is 0 Å². The van der Waals surface area contributed by atoms with E-state index in [2.05, 4.69) is 42.6 Å². The molecule has 17 heavy (non-hydrogen) atoms. The second kappa shape index (κ2) is 5.74. The van der Waals surface area contributed by atoms with E-state index in [4.69, 9.17) is 11.6 Å². The van der Waals surface area contributed by atoms with Gasteiger partial charge in [-0.15, -0.1) is 0 Å². The van der Waals surface area contributed by atoms with E-state index in [0.29, 0.717) is 0 Å². The van der Waals surface area contributed by atoms with E-state index < -0.39 is 0 Å². The Bertz CT molecular complexity index is 494. The molecular formula is C15H16ClN. The van der Waals surface area contributed by atoms with Crippen LogP contribution in [0.5, 0.6) is 0 Å². The molecule has 2 heteroatoms. The van der Waals surface area contributed by atoms with Crippen LogP contribution >= 0.6 is 11.6 Å². The van der Waals surface area contributed by atoms with Gasteiger partial charge in [-0.2, -0.15) is 0 Å². The molecule has 1 N–H and O–H groups in total. The van der Waals surface area contributed by atoms with Crippen LogP contribution in [0.2, 0.25) is 5.02 Å². The third kappa shape index (κ3) is 3.50. The van der Waals surface area contributed by atoms with E-state index in [1.54, 1.807) is 0 Å². The van der Waals surface area contributed by atoms with Gasteiger partial charge in [-0.3, -0.25) is 0 Å². The molecule has 2 aromatic rings. The van der Waals surface area contributed by atoms with Crippen LogP contribution in [0.3, 0.4) is 0 Å². The monoisotopic (exact) mass is 245 g/mol. The van der Waals surface area contributed by atoms with Crippen molar-refractivity contribution in [1.82, 2.24) is 0 Å². The second-order valence-electron chi connectivity index (χ2n) is 4.04. The minimum absolute atomic E-state index is 0.784. The predicted octanol–water partition coefficient (Wildman–Crippen LogP) is 4.51. The molecule has 2 rings (SSSR count). The number of benzene rings is 2. The summed E-state index contributed by atoms with van der Waals surface area (Å²) < 4.78 is 0. The van der Waals surface area contributed by atoms with E-state index in [0.717, 1.165) is 23.7 Å². The number of hydrogen-bond donors (Lipinski definition) is 1. The summed E-state index contributed by atoms with van der Waals surface area (Å²) in [6.45, 7) is 2.96. The number of anilines is 1. The summed E-state index contributed by atoms with van der Waals surface area (Å²) in [7, 11) is 0. The van der Waals surface area contributed by atoms with Gasteiger partial charge in [-0.25, -0.2) is 0 Å². The number of aryl methyl sites for hydroxylation is 1. The molecule has 0 saturated carbocycles. The van der Waals surface area contributed by atoms with E-state index in [1.807, 2.05) is 18.2 Å².